The monoisotopic (exact) mass is 422 g/mol. The quantitative estimate of drug-likeness (QED) is 0.679. The Balaban J connectivity index is 1.34. The number of hydrogen-bond donors (Lipinski definition) is 1. The molecule has 0 aromatic heterocycles. The smallest absolute Gasteiger partial charge is 0.273 e. The van der Waals surface area contributed by atoms with Crippen LogP contribution < -0.4 is 14.8 Å². The third-order valence-corrected chi connectivity index (χ3v) is 5.09. The lowest BCUT2D eigenvalue weighted by molar-refractivity contribution is -0.117. The molecule has 8 heteroatoms. The Kier molecular flexibility index (Phi) is 5.88. The van der Waals surface area contributed by atoms with Crippen molar-refractivity contribution in [3.05, 3.63) is 65.2 Å². The van der Waals surface area contributed by atoms with Crippen LogP contribution in [0.5, 0.6) is 11.5 Å². The molecule has 0 spiro atoms. The van der Waals surface area contributed by atoms with Crippen LogP contribution >= 0.6 is 0 Å². The van der Waals surface area contributed by atoms with Gasteiger partial charge < -0.3 is 24.3 Å². The first kappa shape index (κ1) is 20.5. The van der Waals surface area contributed by atoms with Crippen molar-refractivity contribution in [3.8, 4) is 11.5 Å². The molecule has 2 aliphatic heterocycles. The number of benzene rings is 1. The van der Waals surface area contributed by atoms with E-state index in [1.807, 2.05) is 12.1 Å². The van der Waals surface area contributed by atoms with E-state index in [9.17, 15) is 9.59 Å². The second-order valence-electron chi connectivity index (χ2n) is 6.97. The zero-order chi connectivity index (χ0) is 21.8. The highest BCUT2D eigenvalue weighted by atomic mass is 16.7. The number of carbonyl (C=O) groups is 2. The summed E-state index contributed by atoms with van der Waals surface area (Å²) >= 11 is 0. The van der Waals surface area contributed by atoms with Gasteiger partial charge in [0.05, 0.1) is 20.1 Å². The zero-order valence-corrected chi connectivity index (χ0v) is 17.2. The first-order valence-electron chi connectivity index (χ1n) is 9.78. The van der Waals surface area contributed by atoms with Gasteiger partial charge in [0.1, 0.15) is 17.2 Å². The Morgan fingerprint density at radius 2 is 2.06 bits per heavy atom. The highest BCUT2D eigenvalue weighted by molar-refractivity contribution is 6.15. The Morgan fingerprint density at radius 1 is 1.23 bits per heavy atom. The van der Waals surface area contributed by atoms with Crippen molar-refractivity contribution in [1.82, 2.24) is 5.32 Å². The van der Waals surface area contributed by atoms with E-state index in [0.29, 0.717) is 47.3 Å². The van der Waals surface area contributed by atoms with Gasteiger partial charge in [-0.3, -0.25) is 9.59 Å². The van der Waals surface area contributed by atoms with Crippen LogP contribution in [0.15, 0.2) is 64.6 Å². The summed E-state index contributed by atoms with van der Waals surface area (Å²) in [5, 5.41) is 2.79. The van der Waals surface area contributed by atoms with E-state index >= 15 is 0 Å². The van der Waals surface area contributed by atoms with Crippen LogP contribution in [0.2, 0.25) is 0 Å². The van der Waals surface area contributed by atoms with Crippen LogP contribution in [-0.4, -0.2) is 45.1 Å². The molecule has 0 saturated carbocycles. The average Bonchev–Trinajstić information content (AvgIpc) is 3.25. The van der Waals surface area contributed by atoms with Gasteiger partial charge in [-0.2, -0.15) is 0 Å². The van der Waals surface area contributed by atoms with Gasteiger partial charge in [0.2, 0.25) is 12.7 Å². The number of aliphatic imine (C=N–C) groups is 1. The molecule has 0 fully saturated rings. The topological polar surface area (TPSA) is 95.5 Å². The summed E-state index contributed by atoms with van der Waals surface area (Å²) in [7, 11) is 3.11. The number of nitrogens with zero attached hydrogens (tertiary/aromatic N) is 1. The lowest BCUT2D eigenvalue weighted by Gasteiger charge is -2.26. The van der Waals surface area contributed by atoms with Gasteiger partial charge in [-0.05, 0) is 42.3 Å². The fourth-order valence-corrected chi connectivity index (χ4v) is 3.50. The van der Waals surface area contributed by atoms with Crippen LogP contribution in [0.4, 0.5) is 0 Å². The summed E-state index contributed by atoms with van der Waals surface area (Å²) in [5.74, 6) is 1.69. The number of fused-ring (bicyclic) bond motifs is 2. The maximum absolute atomic E-state index is 12.4. The molecule has 1 N–H and O–H groups in total. The van der Waals surface area contributed by atoms with Gasteiger partial charge in [-0.1, -0.05) is 12.1 Å². The highest BCUT2D eigenvalue weighted by Gasteiger charge is 2.32. The Labute approximate surface area is 179 Å². The molecule has 0 saturated heterocycles. The number of rotatable bonds is 7. The standard InChI is InChI=1S/C23H22N2O6/c1-28-17-6-7-19(29-2)22-16(17)12-15(23(27)25-22)9-10-24-21(26)8-4-14-3-5-18-20(11-14)31-13-30-18/h3-8,11-12,16H,9-10,13H2,1-2H3,(H,24,26)/b8-4+. The van der Waals surface area contributed by atoms with E-state index in [4.69, 9.17) is 18.9 Å². The van der Waals surface area contributed by atoms with Gasteiger partial charge in [-0.25, -0.2) is 4.99 Å². The molecule has 2 amide bonds. The average molecular weight is 422 g/mol. The fourth-order valence-electron chi connectivity index (χ4n) is 3.50. The van der Waals surface area contributed by atoms with Gasteiger partial charge >= 0.3 is 0 Å². The molecule has 8 nitrogen and oxygen atoms in total. The van der Waals surface area contributed by atoms with Gasteiger partial charge in [-0.15, -0.1) is 0 Å². The minimum absolute atomic E-state index is 0.203. The minimum atomic E-state index is -0.336. The molecule has 4 rings (SSSR count). The van der Waals surface area contributed by atoms with Crippen molar-refractivity contribution < 1.29 is 28.5 Å². The van der Waals surface area contributed by atoms with E-state index in [-0.39, 0.29) is 24.5 Å². The summed E-state index contributed by atoms with van der Waals surface area (Å²) in [4.78, 5) is 28.8. The van der Waals surface area contributed by atoms with Crippen LogP contribution in [0.3, 0.4) is 0 Å². The second kappa shape index (κ2) is 8.91. The van der Waals surface area contributed by atoms with Gasteiger partial charge in [0.25, 0.3) is 5.91 Å². The molecule has 1 atom stereocenters. The molecule has 2 heterocycles. The van der Waals surface area contributed by atoms with E-state index < -0.39 is 0 Å². The number of ether oxygens (including phenoxy) is 4. The summed E-state index contributed by atoms with van der Waals surface area (Å²) in [6, 6.07) is 5.45. The largest absolute Gasteiger partial charge is 0.500 e. The molecule has 0 bridgehead atoms. The number of nitrogens with one attached hydrogen (secondary N) is 1. The summed E-state index contributed by atoms with van der Waals surface area (Å²) in [6.07, 6.45) is 8.84. The fraction of sp³-hybridized carbons (Fsp3) is 0.261. The highest BCUT2D eigenvalue weighted by Crippen LogP contribution is 2.33. The molecular weight excluding hydrogens is 400 g/mol. The number of allylic oxidation sites excluding steroid dienone is 4. The van der Waals surface area contributed by atoms with Gasteiger partial charge in [0.15, 0.2) is 11.5 Å². The number of amides is 2. The number of carbonyl (C=O) groups excluding carboxylic acids is 2. The minimum Gasteiger partial charge on any atom is -0.500 e. The predicted octanol–water partition coefficient (Wildman–Crippen LogP) is 2.53. The number of hydrogen-bond acceptors (Lipinski definition) is 6. The predicted molar refractivity (Wildman–Crippen MR) is 113 cm³/mol. The molecule has 1 aliphatic carbocycles. The van der Waals surface area contributed by atoms with E-state index in [1.54, 1.807) is 37.5 Å². The maximum atomic E-state index is 12.4. The van der Waals surface area contributed by atoms with Crippen molar-refractivity contribution in [2.75, 3.05) is 27.6 Å². The maximum Gasteiger partial charge on any atom is 0.273 e. The van der Waals surface area contributed by atoms with Gasteiger partial charge in [0, 0.05) is 18.2 Å². The normalized spacial score (nSPS) is 19.2. The molecular formula is C23H22N2O6. The molecule has 31 heavy (non-hydrogen) atoms. The first-order valence-corrected chi connectivity index (χ1v) is 9.78. The van der Waals surface area contributed by atoms with Crippen molar-refractivity contribution >= 4 is 23.6 Å². The SMILES string of the molecule is COC1=CC=C(OC)C2C=C(CCNC(=O)/C=C/c3ccc4c(c3)OCO4)C(=O)N=C12. The first-order chi connectivity index (χ1) is 15.1. The molecule has 3 aliphatic rings. The van der Waals surface area contributed by atoms with Crippen LogP contribution in [0.25, 0.3) is 6.08 Å². The molecule has 1 aromatic rings. The van der Waals surface area contributed by atoms with E-state index in [2.05, 4.69) is 10.3 Å². The van der Waals surface area contributed by atoms with Crippen LogP contribution in [0, 0.1) is 5.92 Å². The zero-order valence-electron chi connectivity index (χ0n) is 17.2. The molecule has 0 radical (unpaired) electrons. The summed E-state index contributed by atoms with van der Waals surface area (Å²) in [6.45, 7) is 0.507. The lowest BCUT2D eigenvalue weighted by Crippen LogP contribution is -2.29. The summed E-state index contributed by atoms with van der Waals surface area (Å²) < 4.78 is 21.3. The molecule has 160 valence electrons. The molecule has 1 aromatic carbocycles. The lowest BCUT2D eigenvalue weighted by atomic mass is 9.89. The van der Waals surface area contributed by atoms with E-state index in [0.717, 1.165) is 5.56 Å². The van der Waals surface area contributed by atoms with Crippen molar-refractivity contribution in [1.29, 1.82) is 0 Å². The third-order valence-electron chi connectivity index (χ3n) is 5.09. The Morgan fingerprint density at radius 3 is 2.87 bits per heavy atom. The van der Waals surface area contributed by atoms with E-state index in [1.165, 1.54) is 13.2 Å². The molecule has 1 unspecified atom stereocenters. The van der Waals surface area contributed by atoms with Crippen LogP contribution in [-0.2, 0) is 19.1 Å². The second-order valence-corrected chi connectivity index (χ2v) is 6.97. The third kappa shape index (κ3) is 4.37. The van der Waals surface area contributed by atoms with Crippen molar-refractivity contribution in [3.63, 3.8) is 0 Å². The van der Waals surface area contributed by atoms with Crippen molar-refractivity contribution in [2.24, 2.45) is 10.9 Å². The van der Waals surface area contributed by atoms with Crippen molar-refractivity contribution in [2.45, 2.75) is 6.42 Å². The number of dihydropyridines is 1. The summed E-state index contributed by atoms with van der Waals surface area (Å²) in [5.41, 5.74) is 1.88. The Bertz CT molecular complexity index is 1060. The number of methoxy groups -OCH3 is 2. The van der Waals surface area contributed by atoms with Crippen LogP contribution in [0.1, 0.15) is 12.0 Å². The Hall–Kier alpha value is -3.81.